The van der Waals surface area contributed by atoms with Crippen molar-refractivity contribution in [2.75, 3.05) is 12.4 Å². The average Bonchev–Trinajstić information content (AvgIpc) is 3.23. The molecule has 0 amide bonds. The Morgan fingerprint density at radius 3 is 2.56 bits per heavy atom. The van der Waals surface area contributed by atoms with Crippen LogP contribution in [0.2, 0.25) is 0 Å². The molecule has 3 rings (SSSR count). The number of carbonyl (C=O) groups excluding carboxylic acids is 1. The SMILES string of the molecule is CCCCC(CC)COC(=O)CCSc1ncc2c(n1)c(-c1ccc(C(F)(F)F)nc1)cn2C(C)C. The Morgan fingerprint density at radius 2 is 1.94 bits per heavy atom. The summed E-state index contributed by atoms with van der Waals surface area (Å²) >= 11 is 1.35. The number of alkyl halides is 3. The molecule has 3 heterocycles. The molecule has 1 atom stereocenters. The van der Waals surface area contributed by atoms with E-state index in [0.29, 0.717) is 40.1 Å². The van der Waals surface area contributed by atoms with Crippen LogP contribution >= 0.6 is 11.8 Å². The zero-order valence-electron chi connectivity index (χ0n) is 21.1. The van der Waals surface area contributed by atoms with Crippen LogP contribution in [0.4, 0.5) is 13.2 Å². The Balaban J connectivity index is 1.71. The van der Waals surface area contributed by atoms with Crippen LogP contribution in [0.25, 0.3) is 22.2 Å². The molecule has 0 saturated carbocycles. The van der Waals surface area contributed by atoms with Gasteiger partial charge in [-0.2, -0.15) is 13.2 Å². The molecule has 3 aromatic rings. The van der Waals surface area contributed by atoms with Crippen molar-refractivity contribution in [2.45, 2.75) is 77.2 Å². The normalized spacial score (nSPS) is 12.9. The van der Waals surface area contributed by atoms with E-state index in [4.69, 9.17) is 4.74 Å². The van der Waals surface area contributed by atoms with E-state index < -0.39 is 11.9 Å². The number of hydrogen-bond donors (Lipinski definition) is 0. The van der Waals surface area contributed by atoms with E-state index in [9.17, 15) is 18.0 Å². The van der Waals surface area contributed by atoms with Crippen LogP contribution in [0.3, 0.4) is 0 Å². The predicted molar refractivity (Wildman–Crippen MR) is 136 cm³/mol. The Kier molecular flexibility index (Phi) is 9.76. The fraction of sp³-hybridized carbons (Fsp3) is 0.538. The van der Waals surface area contributed by atoms with Gasteiger partial charge in [0.1, 0.15) is 11.2 Å². The Labute approximate surface area is 214 Å². The topological polar surface area (TPSA) is 69.9 Å². The number of carbonyl (C=O) groups is 1. The molecule has 0 fully saturated rings. The van der Waals surface area contributed by atoms with Crippen LogP contribution in [0.5, 0.6) is 0 Å². The number of nitrogens with zero attached hydrogens (tertiary/aromatic N) is 4. The van der Waals surface area contributed by atoms with Gasteiger partial charge >= 0.3 is 12.1 Å². The molecule has 0 aromatic carbocycles. The summed E-state index contributed by atoms with van der Waals surface area (Å²) in [5.41, 5.74) is 1.70. The van der Waals surface area contributed by atoms with Gasteiger partial charge in [-0.15, -0.1) is 0 Å². The summed E-state index contributed by atoms with van der Waals surface area (Å²) in [7, 11) is 0. The smallest absolute Gasteiger partial charge is 0.433 e. The van der Waals surface area contributed by atoms with E-state index >= 15 is 0 Å². The van der Waals surface area contributed by atoms with E-state index in [-0.39, 0.29) is 18.4 Å². The zero-order valence-corrected chi connectivity index (χ0v) is 22.0. The van der Waals surface area contributed by atoms with Gasteiger partial charge in [0.05, 0.1) is 24.7 Å². The lowest BCUT2D eigenvalue weighted by Crippen LogP contribution is -2.14. The zero-order chi connectivity index (χ0) is 26.3. The first-order valence-corrected chi connectivity index (χ1v) is 13.3. The Bertz CT molecular complexity index is 1150. The fourth-order valence-electron chi connectivity index (χ4n) is 3.85. The van der Waals surface area contributed by atoms with Crippen LogP contribution in [0.1, 0.15) is 71.5 Å². The van der Waals surface area contributed by atoms with Crippen LogP contribution in [0, 0.1) is 5.92 Å². The maximum atomic E-state index is 12.9. The van der Waals surface area contributed by atoms with E-state index in [1.165, 1.54) is 24.0 Å². The van der Waals surface area contributed by atoms with Crippen LogP contribution in [-0.4, -0.2) is 37.8 Å². The first kappa shape index (κ1) is 28.0. The third-order valence-electron chi connectivity index (χ3n) is 6.03. The number of fused-ring (bicyclic) bond motifs is 1. The second-order valence-corrected chi connectivity index (χ2v) is 10.1. The standard InChI is InChI=1S/C26H33F3N4O2S/c1-5-7-8-18(6-2)16-35-23(34)11-12-36-25-31-14-21-24(32-25)20(15-33(21)17(3)4)19-9-10-22(30-13-19)26(27,28)29/h9-10,13-15,17-18H,5-8,11-12,16H2,1-4H3. The van der Waals surface area contributed by atoms with Gasteiger partial charge in [-0.1, -0.05) is 50.9 Å². The summed E-state index contributed by atoms with van der Waals surface area (Å²) in [5, 5.41) is 0.493. The second kappa shape index (κ2) is 12.6. The van der Waals surface area contributed by atoms with E-state index in [1.54, 1.807) is 6.20 Å². The molecular weight excluding hydrogens is 489 g/mol. The van der Waals surface area contributed by atoms with Crippen LogP contribution in [-0.2, 0) is 15.7 Å². The van der Waals surface area contributed by atoms with Crippen molar-refractivity contribution in [3.05, 3.63) is 36.4 Å². The van der Waals surface area contributed by atoms with Gasteiger partial charge in [-0.25, -0.2) is 9.97 Å². The third-order valence-corrected chi connectivity index (χ3v) is 6.89. The van der Waals surface area contributed by atoms with Crippen molar-refractivity contribution in [2.24, 2.45) is 5.92 Å². The number of ether oxygens (including phenoxy) is 1. The minimum atomic E-state index is -4.50. The predicted octanol–water partition coefficient (Wildman–Crippen LogP) is 7.33. The van der Waals surface area contributed by atoms with Crippen molar-refractivity contribution in [3.63, 3.8) is 0 Å². The molecule has 3 aromatic heterocycles. The highest BCUT2D eigenvalue weighted by atomic mass is 32.2. The van der Waals surface area contributed by atoms with Crippen molar-refractivity contribution in [1.82, 2.24) is 19.5 Å². The maximum absolute atomic E-state index is 12.9. The van der Waals surface area contributed by atoms with Gasteiger partial charge in [0, 0.05) is 35.3 Å². The summed E-state index contributed by atoms with van der Waals surface area (Å²) in [5.74, 6) is 0.634. The number of hydrogen-bond acceptors (Lipinski definition) is 6. The summed E-state index contributed by atoms with van der Waals surface area (Å²) < 4.78 is 46.3. The highest BCUT2D eigenvalue weighted by Crippen LogP contribution is 2.34. The molecular formula is C26H33F3N4O2S. The van der Waals surface area contributed by atoms with Crippen LogP contribution < -0.4 is 0 Å². The molecule has 0 spiro atoms. The number of halogens is 3. The largest absolute Gasteiger partial charge is 0.465 e. The lowest BCUT2D eigenvalue weighted by atomic mass is 10.0. The quantitative estimate of drug-likeness (QED) is 0.141. The highest BCUT2D eigenvalue weighted by molar-refractivity contribution is 7.99. The second-order valence-electron chi connectivity index (χ2n) is 9.06. The maximum Gasteiger partial charge on any atom is 0.433 e. The minimum absolute atomic E-state index is 0.102. The number of esters is 1. The number of unbranched alkanes of at least 4 members (excludes halogenated alkanes) is 1. The van der Waals surface area contributed by atoms with Gasteiger partial charge in [-0.3, -0.25) is 9.78 Å². The summed E-state index contributed by atoms with van der Waals surface area (Å²) in [4.78, 5) is 24.9. The Hall–Kier alpha value is -2.62. The number of rotatable bonds is 12. The first-order valence-electron chi connectivity index (χ1n) is 12.3. The number of aromatic nitrogens is 4. The summed E-state index contributed by atoms with van der Waals surface area (Å²) in [6.07, 6.45) is 4.86. The third kappa shape index (κ3) is 7.21. The molecule has 0 N–H and O–H groups in total. The number of thioether (sulfide) groups is 1. The summed E-state index contributed by atoms with van der Waals surface area (Å²) in [6.45, 7) is 8.73. The highest BCUT2D eigenvalue weighted by Gasteiger charge is 2.32. The van der Waals surface area contributed by atoms with Crippen LogP contribution in [0.15, 0.2) is 35.9 Å². The van der Waals surface area contributed by atoms with Crippen molar-refractivity contribution < 1.29 is 22.7 Å². The fourth-order valence-corrected chi connectivity index (χ4v) is 4.59. The van der Waals surface area contributed by atoms with Gasteiger partial charge in [0.25, 0.3) is 0 Å². The Morgan fingerprint density at radius 1 is 1.17 bits per heavy atom. The van der Waals surface area contributed by atoms with E-state index in [2.05, 4.69) is 28.8 Å². The van der Waals surface area contributed by atoms with Crippen molar-refractivity contribution in [1.29, 1.82) is 0 Å². The van der Waals surface area contributed by atoms with Gasteiger partial charge < -0.3 is 9.30 Å². The molecule has 196 valence electrons. The molecule has 1 unspecified atom stereocenters. The van der Waals surface area contributed by atoms with E-state index in [1.807, 2.05) is 24.6 Å². The lowest BCUT2D eigenvalue weighted by Gasteiger charge is -2.14. The molecule has 0 radical (unpaired) electrons. The molecule has 0 bridgehead atoms. The van der Waals surface area contributed by atoms with Gasteiger partial charge in [0.2, 0.25) is 0 Å². The molecule has 6 nitrogen and oxygen atoms in total. The first-order chi connectivity index (χ1) is 17.1. The van der Waals surface area contributed by atoms with Crippen molar-refractivity contribution in [3.8, 4) is 11.1 Å². The molecule has 36 heavy (non-hydrogen) atoms. The molecule has 0 saturated heterocycles. The monoisotopic (exact) mass is 522 g/mol. The summed E-state index contributed by atoms with van der Waals surface area (Å²) in [6, 6.07) is 2.48. The van der Waals surface area contributed by atoms with Gasteiger partial charge in [-0.05, 0) is 32.3 Å². The number of pyridine rings is 1. The van der Waals surface area contributed by atoms with Gasteiger partial charge in [0.15, 0.2) is 5.16 Å². The van der Waals surface area contributed by atoms with Crippen molar-refractivity contribution >= 4 is 28.8 Å². The molecule has 10 heteroatoms. The van der Waals surface area contributed by atoms with E-state index in [0.717, 1.165) is 37.3 Å². The molecule has 0 aliphatic rings. The average molecular weight is 523 g/mol. The molecule has 0 aliphatic heterocycles. The molecule has 0 aliphatic carbocycles. The minimum Gasteiger partial charge on any atom is -0.465 e. The lowest BCUT2D eigenvalue weighted by molar-refractivity contribution is -0.144.